The highest BCUT2D eigenvalue weighted by atomic mass is 32.2. The number of nitrogens with two attached hydrogens (primary N) is 1. The van der Waals surface area contributed by atoms with Gasteiger partial charge in [0.1, 0.15) is 16.2 Å². The fourth-order valence-corrected chi connectivity index (χ4v) is 7.87. The molecule has 2 saturated heterocycles. The second-order valence-electron chi connectivity index (χ2n) is 12.5. The van der Waals surface area contributed by atoms with Gasteiger partial charge in [0.2, 0.25) is 11.8 Å². The van der Waals surface area contributed by atoms with Crippen LogP contribution < -0.4 is 21.7 Å². The molecule has 2 amide bonds. The van der Waals surface area contributed by atoms with E-state index in [-0.39, 0.29) is 17.7 Å². The maximum Gasteiger partial charge on any atom is 0.229 e. The van der Waals surface area contributed by atoms with Crippen molar-refractivity contribution in [3.8, 4) is 0 Å². The van der Waals surface area contributed by atoms with E-state index in [9.17, 15) is 9.59 Å². The first-order valence-corrected chi connectivity index (χ1v) is 18.7. The van der Waals surface area contributed by atoms with Gasteiger partial charge < -0.3 is 26.6 Å². The maximum absolute atomic E-state index is 12.8. The first kappa shape index (κ1) is 34.6. The van der Waals surface area contributed by atoms with E-state index in [1.165, 1.54) is 73.4 Å². The highest BCUT2D eigenvalue weighted by molar-refractivity contribution is 7.97. The van der Waals surface area contributed by atoms with Crippen LogP contribution in [0.25, 0.3) is 10.3 Å². The molecule has 0 bridgehead atoms. The topological polar surface area (TPSA) is 129 Å². The summed E-state index contributed by atoms with van der Waals surface area (Å²) in [6.07, 6.45) is 11.8. The van der Waals surface area contributed by atoms with Crippen LogP contribution in [0, 0.1) is 5.92 Å². The minimum absolute atomic E-state index is 0.0135. The fourth-order valence-electron chi connectivity index (χ4n) is 6.02. The number of pyridine rings is 1. The maximum atomic E-state index is 12.8. The third-order valence-electron chi connectivity index (χ3n) is 8.78. The zero-order valence-electron chi connectivity index (χ0n) is 27.0. The molecule has 0 aliphatic carbocycles. The van der Waals surface area contributed by atoms with Gasteiger partial charge in [0, 0.05) is 50.0 Å². The van der Waals surface area contributed by atoms with Crippen molar-refractivity contribution in [2.24, 2.45) is 5.92 Å². The Hall–Kier alpha value is -2.77. The molecular weight excluding hydrogens is 617 g/mol. The zero-order chi connectivity index (χ0) is 32.0. The Kier molecular flexibility index (Phi) is 13.9. The molecule has 5 rings (SSSR count). The summed E-state index contributed by atoms with van der Waals surface area (Å²) < 4.78 is 2.49. The molecule has 12 heteroatoms. The van der Waals surface area contributed by atoms with Gasteiger partial charge in [-0.15, -0.1) is 0 Å². The number of hydrogen-bond donors (Lipinski definition) is 4. The van der Waals surface area contributed by atoms with E-state index in [0.29, 0.717) is 23.9 Å². The lowest BCUT2D eigenvalue weighted by atomic mass is 9.96. The summed E-state index contributed by atoms with van der Waals surface area (Å²) in [5.41, 5.74) is 7.83. The van der Waals surface area contributed by atoms with Crippen LogP contribution in [0.3, 0.4) is 0 Å². The summed E-state index contributed by atoms with van der Waals surface area (Å²) in [6.45, 7) is 7.54. The van der Waals surface area contributed by atoms with Crippen molar-refractivity contribution in [1.29, 1.82) is 0 Å². The van der Waals surface area contributed by atoms with Crippen molar-refractivity contribution in [2.45, 2.75) is 82.1 Å². The first-order valence-electron chi connectivity index (χ1n) is 17.1. The number of nitrogen functional groups attached to an aromatic ring is 1. The molecule has 0 spiro atoms. The summed E-state index contributed by atoms with van der Waals surface area (Å²) in [5, 5.41) is 10.2. The number of anilines is 2. The Balaban J connectivity index is 0.827. The Morgan fingerprint density at radius 2 is 1.65 bits per heavy atom. The molecule has 10 nitrogen and oxygen atoms in total. The molecule has 2 aliphatic heterocycles. The van der Waals surface area contributed by atoms with Gasteiger partial charge in [-0.25, -0.2) is 14.3 Å². The molecule has 2 aromatic heterocycles. The highest BCUT2D eigenvalue weighted by Crippen LogP contribution is 2.27. The lowest BCUT2D eigenvalue weighted by molar-refractivity contribution is -0.121. The molecular formula is C34H50N8O2S2. The fraction of sp³-hybridized carbons (Fsp3) is 0.588. The number of nitrogens with one attached hydrogen (secondary N) is 3. The highest BCUT2D eigenvalue weighted by Gasteiger charge is 2.25. The number of carbonyl (C=O) groups excluding carboxylic acids is 2. The van der Waals surface area contributed by atoms with E-state index in [4.69, 9.17) is 5.73 Å². The third-order valence-corrected chi connectivity index (χ3v) is 10.8. The van der Waals surface area contributed by atoms with Gasteiger partial charge in [-0.1, -0.05) is 49.2 Å². The summed E-state index contributed by atoms with van der Waals surface area (Å²) in [7, 11) is 0. The number of rotatable bonds is 17. The van der Waals surface area contributed by atoms with Gasteiger partial charge in [-0.2, -0.15) is 0 Å². The van der Waals surface area contributed by atoms with Crippen LogP contribution in [0.2, 0.25) is 0 Å². The summed E-state index contributed by atoms with van der Waals surface area (Å²) in [5.74, 6) is 0.572. The lowest BCUT2D eigenvalue weighted by Gasteiger charge is -2.31. The Labute approximate surface area is 281 Å². The summed E-state index contributed by atoms with van der Waals surface area (Å²) in [6, 6.07) is 12.5. The molecule has 4 heterocycles. The minimum atomic E-state index is -0.0302. The number of aromatic nitrogens is 2. The molecule has 0 unspecified atom stereocenters. The van der Waals surface area contributed by atoms with E-state index in [1.807, 2.05) is 18.0 Å². The average molecular weight is 667 g/mol. The zero-order valence-corrected chi connectivity index (χ0v) is 28.6. The van der Waals surface area contributed by atoms with E-state index in [2.05, 4.69) is 59.4 Å². The van der Waals surface area contributed by atoms with Gasteiger partial charge in [0.05, 0.1) is 0 Å². The van der Waals surface area contributed by atoms with E-state index < -0.39 is 0 Å². The molecule has 0 radical (unpaired) electrons. The number of carbonyl (C=O) groups is 2. The third kappa shape index (κ3) is 11.5. The monoisotopic (exact) mass is 666 g/mol. The summed E-state index contributed by atoms with van der Waals surface area (Å²) in [4.78, 5) is 38.2. The normalized spacial score (nSPS) is 16.5. The molecule has 5 N–H and O–H groups in total. The van der Waals surface area contributed by atoms with E-state index in [1.54, 1.807) is 6.07 Å². The Morgan fingerprint density at radius 3 is 2.46 bits per heavy atom. The largest absolute Gasteiger partial charge is 0.384 e. The van der Waals surface area contributed by atoms with Crippen molar-refractivity contribution >= 4 is 56.4 Å². The van der Waals surface area contributed by atoms with Gasteiger partial charge in [-0.3, -0.25) is 9.59 Å². The Bertz CT molecular complexity index is 1370. The number of likely N-dealkylation sites (tertiary alicyclic amines) is 1. The predicted molar refractivity (Wildman–Crippen MR) is 190 cm³/mol. The molecule has 1 aromatic carbocycles. The van der Waals surface area contributed by atoms with Crippen LogP contribution >= 0.6 is 23.3 Å². The SMILES string of the molecule is Nc1ccc2nc(NC(=O)C3CCN(CCNC(=O)CCCCCCCNCc4ccc(SN5CCCCC5)cc4)CC3)sc2n1. The molecule has 0 atom stereocenters. The van der Waals surface area contributed by atoms with Crippen LogP contribution in [0.4, 0.5) is 10.9 Å². The summed E-state index contributed by atoms with van der Waals surface area (Å²) >= 11 is 3.24. The van der Waals surface area contributed by atoms with Gasteiger partial charge in [0.25, 0.3) is 0 Å². The van der Waals surface area contributed by atoms with Gasteiger partial charge >= 0.3 is 0 Å². The van der Waals surface area contributed by atoms with Crippen molar-refractivity contribution in [3.05, 3.63) is 42.0 Å². The molecule has 250 valence electrons. The standard InChI is InChI=1S/C34H50N8O2S2/c35-30-15-14-29-33(39-30)45-34(38-29)40-32(44)27-16-22-41(23-17-27)24-19-37-31(43)9-5-2-1-3-6-18-36-25-26-10-12-28(13-11-26)46-42-20-7-4-8-21-42/h10-15,27,36H,1-9,16-25H2,(H2,35,39)(H,37,43)(H,38,40,44). The van der Waals surface area contributed by atoms with Crippen LogP contribution in [0.1, 0.15) is 76.2 Å². The van der Waals surface area contributed by atoms with Crippen LogP contribution in [-0.4, -0.2) is 76.8 Å². The average Bonchev–Trinajstić information content (AvgIpc) is 3.46. The van der Waals surface area contributed by atoms with Gasteiger partial charge in [0.15, 0.2) is 5.13 Å². The minimum Gasteiger partial charge on any atom is -0.384 e. The smallest absolute Gasteiger partial charge is 0.229 e. The van der Waals surface area contributed by atoms with E-state index in [0.717, 1.165) is 68.8 Å². The van der Waals surface area contributed by atoms with Gasteiger partial charge in [-0.05, 0) is 99.9 Å². The number of benzene rings is 1. The van der Waals surface area contributed by atoms with Crippen molar-refractivity contribution < 1.29 is 9.59 Å². The second-order valence-corrected chi connectivity index (χ2v) is 14.6. The molecule has 2 fully saturated rings. The number of nitrogens with zero attached hydrogens (tertiary/aromatic N) is 4. The first-order chi connectivity index (χ1) is 22.5. The van der Waals surface area contributed by atoms with Crippen LogP contribution in [0.5, 0.6) is 0 Å². The second kappa shape index (κ2) is 18.5. The lowest BCUT2D eigenvalue weighted by Crippen LogP contribution is -2.41. The Morgan fingerprint density at radius 1 is 0.891 bits per heavy atom. The number of fused-ring (bicyclic) bond motifs is 1. The van der Waals surface area contributed by atoms with Crippen LogP contribution in [-0.2, 0) is 16.1 Å². The number of thiazole rings is 1. The number of amides is 2. The number of piperidine rings is 2. The van der Waals surface area contributed by atoms with E-state index >= 15 is 0 Å². The molecule has 0 saturated carbocycles. The molecule has 2 aliphatic rings. The molecule has 46 heavy (non-hydrogen) atoms. The predicted octanol–water partition coefficient (Wildman–Crippen LogP) is 5.66. The van der Waals surface area contributed by atoms with Crippen LogP contribution in [0.15, 0.2) is 41.3 Å². The van der Waals surface area contributed by atoms with Crippen molar-refractivity contribution in [2.75, 3.05) is 56.9 Å². The molecule has 3 aromatic rings. The number of hydrogen-bond acceptors (Lipinski definition) is 10. The number of unbranched alkanes of at least 4 members (excludes halogenated alkanes) is 4. The van der Waals surface area contributed by atoms with Crippen molar-refractivity contribution in [1.82, 2.24) is 29.8 Å². The van der Waals surface area contributed by atoms with Crippen molar-refractivity contribution in [3.63, 3.8) is 0 Å². The quantitative estimate of drug-likeness (QED) is 0.107.